The van der Waals surface area contributed by atoms with E-state index in [0.29, 0.717) is 6.04 Å². The topological polar surface area (TPSA) is 41.6 Å². The van der Waals surface area contributed by atoms with Gasteiger partial charge in [-0.15, -0.1) is 0 Å². The minimum atomic E-state index is -0.495. The smallest absolute Gasteiger partial charge is 0.325 e. The Balaban J connectivity index is 1.46. The highest BCUT2D eigenvalue weighted by Crippen LogP contribution is 2.35. The highest BCUT2D eigenvalue weighted by Gasteiger charge is 2.39. The Kier molecular flexibility index (Phi) is 4.55. The van der Waals surface area contributed by atoms with Crippen LogP contribution in [0.5, 0.6) is 0 Å². The molecule has 1 unspecified atom stereocenters. The summed E-state index contributed by atoms with van der Waals surface area (Å²) in [6.07, 6.45) is 9.95. The van der Waals surface area contributed by atoms with Crippen LogP contribution in [0.3, 0.4) is 0 Å². The molecule has 0 aromatic rings. The molecule has 0 saturated heterocycles. The van der Waals surface area contributed by atoms with E-state index in [2.05, 4.69) is 10.2 Å². The zero-order valence-electron chi connectivity index (χ0n) is 13.6. The van der Waals surface area contributed by atoms with Crippen LogP contribution >= 0.6 is 0 Å². The van der Waals surface area contributed by atoms with Gasteiger partial charge in [0, 0.05) is 18.6 Å². The SMILES string of the molecule is COC(=O)C(C)(CCCN(CC1CC1)C1CC1)NC1CC1. The molecule has 1 N–H and O–H groups in total. The Morgan fingerprint density at radius 1 is 1.24 bits per heavy atom. The van der Waals surface area contributed by atoms with Crippen LogP contribution in [0, 0.1) is 5.92 Å². The van der Waals surface area contributed by atoms with Gasteiger partial charge in [-0.2, -0.15) is 0 Å². The van der Waals surface area contributed by atoms with Gasteiger partial charge in [0.15, 0.2) is 0 Å². The quantitative estimate of drug-likeness (QED) is 0.628. The minimum Gasteiger partial charge on any atom is -0.468 e. The molecule has 120 valence electrons. The molecule has 3 aliphatic carbocycles. The lowest BCUT2D eigenvalue weighted by atomic mass is 9.95. The molecule has 21 heavy (non-hydrogen) atoms. The lowest BCUT2D eigenvalue weighted by molar-refractivity contribution is -0.148. The number of nitrogens with zero attached hydrogens (tertiary/aromatic N) is 1. The van der Waals surface area contributed by atoms with Gasteiger partial charge in [-0.3, -0.25) is 10.1 Å². The van der Waals surface area contributed by atoms with Crippen LogP contribution in [0.15, 0.2) is 0 Å². The molecule has 0 heterocycles. The number of carbonyl (C=O) groups is 1. The summed E-state index contributed by atoms with van der Waals surface area (Å²) in [5.41, 5.74) is -0.495. The Labute approximate surface area is 128 Å². The first-order valence-corrected chi connectivity index (χ1v) is 8.71. The zero-order valence-corrected chi connectivity index (χ0v) is 13.6. The van der Waals surface area contributed by atoms with Gasteiger partial charge in [-0.1, -0.05) is 0 Å². The standard InChI is InChI=1S/C17H30N2O2/c1-17(16(20)21-2,18-14-6-7-14)10-3-11-19(15-8-9-15)12-13-4-5-13/h13-15,18H,3-12H2,1-2H3. The van der Waals surface area contributed by atoms with Gasteiger partial charge in [0.25, 0.3) is 0 Å². The lowest BCUT2D eigenvalue weighted by Crippen LogP contribution is -2.51. The zero-order chi connectivity index (χ0) is 14.9. The Hall–Kier alpha value is -0.610. The van der Waals surface area contributed by atoms with Crippen LogP contribution in [0.2, 0.25) is 0 Å². The van der Waals surface area contributed by atoms with Gasteiger partial charge in [-0.25, -0.2) is 0 Å². The molecule has 1 atom stereocenters. The number of hydrogen-bond acceptors (Lipinski definition) is 4. The van der Waals surface area contributed by atoms with Gasteiger partial charge in [-0.05, 0) is 70.8 Å². The first-order chi connectivity index (χ1) is 10.1. The summed E-state index contributed by atoms with van der Waals surface area (Å²) in [5, 5.41) is 3.50. The molecule has 0 aromatic heterocycles. The third kappa shape index (κ3) is 4.43. The maximum Gasteiger partial charge on any atom is 0.325 e. The molecule has 3 aliphatic rings. The summed E-state index contributed by atoms with van der Waals surface area (Å²) in [4.78, 5) is 14.8. The third-order valence-corrected chi connectivity index (χ3v) is 5.11. The van der Waals surface area contributed by atoms with Crippen molar-refractivity contribution in [3.8, 4) is 0 Å². The summed E-state index contributed by atoms with van der Waals surface area (Å²) in [5.74, 6) is 0.858. The first-order valence-electron chi connectivity index (χ1n) is 8.71. The summed E-state index contributed by atoms with van der Waals surface area (Å²) in [6.45, 7) is 4.44. The van der Waals surface area contributed by atoms with Gasteiger partial charge < -0.3 is 9.64 Å². The predicted molar refractivity (Wildman–Crippen MR) is 83.1 cm³/mol. The van der Waals surface area contributed by atoms with E-state index < -0.39 is 5.54 Å². The number of esters is 1. The number of ether oxygens (including phenoxy) is 1. The fourth-order valence-corrected chi connectivity index (χ4v) is 3.27. The number of hydrogen-bond donors (Lipinski definition) is 1. The van der Waals surface area contributed by atoms with Crippen molar-refractivity contribution >= 4 is 5.97 Å². The van der Waals surface area contributed by atoms with Crippen molar-refractivity contribution in [2.24, 2.45) is 5.92 Å². The second kappa shape index (κ2) is 6.25. The second-order valence-corrected chi connectivity index (χ2v) is 7.52. The molecule has 0 radical (unpaired) electrons. The monoisotopic (exact) mass is 294 g/mol. The largest absolute Gasteiger partial charge is 0.468 e. The summed E-state index contributed by atoms with van der Waals surface area (Å²) in [7, 11) is 1.50. The molecule has 3 saturated carbocycles. The fourth-order valence-electron chi connectivity index (χ4n) is 3.27. The average Bonchev–Trinajstić information content (AvgIpc) is 3.28. The second-order valence-electron chi connectivity index (χ2n) is 7.52. The van der Waals surface area contributed by atoms with E-state index in [-0.39, 0.29) is 5.97 Å². The molecule has 4 nitrogen and oxygen atoms in total. The van der Waals surface area contributed by atoms with Crippen molar-refractivity contribution in [2.75, 3.05) is 20.2 Å². The van der Waals surface area contributed by atoms with Gasteiger partial charge in [0.1, 0.15) is 5.54 Å². The maximum absolute atomic E-state index is 12.1. The van der Waals surface area contributed by atoms with E-state index in [4.69, 9.17) is 4.74 Å². The molecule has 0 bridgehead atoms. The fraction of sp³-hybridized carbons (Fsp3) is 0.941. The van der Waals surface area contributed by atoms with Crippen molar-refractivity contribution < 1.29 is 9.53 Å². The summed E-state index contributed by atoms with van der Waals surface area (Å²) < 4.78 is 5.02. The van der Waals surface area contributed by atoms with Crippen LogP contribution < -0.4 is 5.32 Å². The van der Waals surface area contributed by atoms with Gasteiger partial charge >= 0.3 is 5.97 Å². The van der Waals surface area contributed by atoms with E-state index in [1.807, 2.05) is 6.92 Å². The Morgan fingerprint density at radius 2 is 1.95 bits per heavy atom. The maximum atomic E-state index is 12.1. The predicted octanol–water partition coefficient (Wildman–Crippen LogP) is 2.32. The lowest BCUT2D eigenvalue weighted by Gasteiger charge is -2.30. The molecule has 0 amide bonds. The summed E-state index contributed by atoms with van der Waals surface area (Å²) >= 11 is 0. The molecule has 0 aliphatic heterocycles. The minimum absolute atomic E-state index is 0.102. The molecular weight excluding hydrogens is 264 g/mol. The van der Waals surface area contributed by atoms with Gasteiger partial charge in [0.2, 0.25) is 0 Å². The number of carbonyl (C=O) groups excluding carboxylic acids is 1. The van der Waals surface area contributed by atoms with E-state index in [1.165, 1.54) is 52.2 Å². The highest BCUT2D eigenvalue weighted by molar-refractivity contribution is 5.80. The number of rotatable bonds is 10. The first kappa shape index (κ1) is 15.3. The van der Waals surface area contributed by atoms with E-state index >= 15 is 0 Å². The molecule has 3 rings (SSSR count). The van der Waals surface area contributed by atoms with E-state index in [0.717, 1.165) is 31.3 Å². The van der Waals surface area contributed by atoms with Crippen LogP contribution in [0.1, 0.15) is 58.3 Å². The number of nitrogens with one attached hydrogen (secondary N) is 1. The van der Waals surface area contributed by atoms with Crippen LogP contribution in [-0.4, -0.2) is 48.7 Å². The van der Waals surface area contributed by atoms with Crippen LogP contribution in [0.25, 0.3) is 0 Å². The molecular formula is C17H30N2O2. The van der Waals surface area contributed by atoms with Crippen molar-refractivity contribution in [1.82, 2.24) is 10.2 Å². The van der Waals surface area contributed by atoms with Crippen LogP contribution in [-0.2, 0) is 9.53 Å². The Morgan fingerprint density at radius 3 is 2.48 bits per heavy atom. The van der Waals surface area contributed by atoms with Crippen molar-refractivity contribution in [3.63, 3.8) is 0 Å². The summed E-state index contributed by atoms with van der Waals surface area (Å²) in [6, 6.07) is 1.37. The Bertz CT molecular complexity index is 375. The normalized spacial score (nSPS) is 24.9. The average molecular weight is 294 g/mol. The number of methoxy groups -OCH3 is 1. The van der Waals surface area contributed by atoms with Crippen LogP contribution in [0.4, 0.5) is 0 Å². The highest BCUT2D eigenvalue weighted by atomic mass is 16.5. The molecule has 0 aromatic carbocycles. The molecule has 4 heteroatoms. The van der Waals surface area contributed by atoms with Crippen molar-refractivity contribution in [2.45, 2.75) is 75.9 Å². The van der Waals surface area contributed by atoms with Crippen molar-refractivity contribution in [3.05, 3.63) is 0 Å². The molecule has 0 spiro atoms. The van der Waals surface area contributed by atoms with Gasteiger partial charge in [0.05, 0.1) is 7.11 Å². The third-order valence-electron chi connectivity index (χ3n) is 5.11. The van der Waals surface area contributed by atoms with Crippen molar-refractivity contribution in [1.29, 1.82) is 0 Å². The molecule has 3 fully saturated rings. The van der Waals surface area contributed by atoms with E-state index in [9.17, 15) is 4.79 Å². The van der Waals surface area contributed by atoms with E-state index in [1.54, 1.807) is 0 Å².